The number of nitrogens with one attached hydrogen (secondary N) is 1. The van der Waals surface area contributed by atoms with Crippen molar-refractivity contribution >= 4 is 11.8 Å². The maximum atomic E-state index is 13.2. The van der Waals surface area contributed by atoms with Gasteiger partial charge in [0.1, 0.15) is 5.54 Å². The van der Waals surface area contributed by atoms with Crippen molar-refractivity contribution in [3.05, 3.63) is 17.0 Å². The lowest BCUT2D eigenvalue weighted by Crippen LogP contribution is -2.61. The minimum atomic E-state index is -0.603. The molecule has 0 radical (unpaired) electrons. The van der Waals surface area contributed by atoms with Crippen LogP contribution in [0.2, 0.25) is 0 Å². The van der Waals surface area contributed by atoms with Gasteiger partial charge in [0.05, 0.1) is 11.3 Å². The Labute approximate surface area is 136 Å². The maximum absolute atomic E-state index is 13.2. The zero-order chi connectivity index (χ0) is 16.2. The van der Waals surface area contributed by atoms with Crippen LogP contribution in [0.1, 0.15) is 60.3 Å². The predicted octanol–water partition coefficient (Wildman–Crippen LogP) is 1.79. The number of aryl methyl sites for hydroxylation is 2. The van der Waals surface area contributed by atoms with E-state index in [-0.39, 0.29) is 11.8 Å². The van der Waals surface area contributed by atoms with Crippen molar-refractivity contribution in [2.75, 3.05) is 13.1 Å². The lowest BCUT2D eigenvalue weighted by Gasteiger charge is -2.44. The van der Waals surface area contributed by atoms with E-state index in [2.05, 4.69) is 10.2 Å². The molecule has 2 saturated heterocycles. The number of likely N-dealkylation sites (tertiary alicyclic amines) is 2. The molecule has 0 bridgehead atoms. The van der Waals surface area contributed by atoms with E-state index >= 15 is 0 Å². The molecule has 1 aliphatic carbocycles. The molecule has 1 spiro atoms. The van der Waals surface area contributed by atoms with Crippen LogP contribution in [0.15, 0.2) is 0 Å². The first-order valence-electron chi connectivity index (χ1n) is 8.69. The second-order valence-corrected chi connectivity index (χ2v) is 7.23. The molecule has 1 aromatic rings. The van der Waals surface area contributed by atoms with Crippen LogP contribution in [0.3, 0.4) is 0 Å². The Balaban J connectivity index is 1.68. The summed E-state index contributed by atoms with van der Waals surface area (Å²) in [6, 6.07) is 0.426. The fourth-order valence-corrected chi connectivity index (χ4v) is 4.41. The number of piperidine rings is 1. The molecular formula is C17H24N4O2. The molecular weight excluding hydrogens is 292 g/mol. The highest BCUT2D eigenvalue weighted by atomic mass is 16.2. The normalized spacial score (nSPS) is 28.0. The Bertz CT molecular complexity index is 644. The molecule has 3 aliphatic rings. The van der Waals surface area contributed by atoms with Gasteiger partial charge in [-0.05, 0) is 52.4 Å². The first-order valence-corrected chi connectivity index (χ1v) is 8.69. The van der Waals surface area contributed by atoms with Crippen molar-refractivity contribution in [3.63, 3.8) is 0 Å². The summed E-state index contributed by atoms with van der Waals surface area (Å²) in [6.45, 7) is 5.25. The molecule has 124 valence electrons. The average Bonchev–Trinajstić information content (AvgIpc) is 3.20. The smallest absolute Gasteiger partial charge is 0.258 e. The molecule has 3 fully saturated rings. The highest BCUT2D eigenvalue weighted by Gasteiger charge is 2.55. The Morgan fingerprint density at radius 2 is 1.91 bits per heavy atom. The number of carbonyl (C=O) groups is 2. The average molecular weight is 316 g/mol. The van der Waals surface area contributed by atoms with Crippen LogP contribution < -0.4 is 0 Å². The first kappa shape index (κ1) is 14.7. The van der Waals surface area contributed by atoms with E-state index in [1.165, 1.54) is 0 Å². The fraction of sp³-hybridized carbons (Fsp3) is 0.706. The molecule has 3 heterocycles. The molecule has 1 saturated carbocycles. The summed E-state index contributed by atoms with van der Waals surface area (Å²) < 4.78 is 0. The van der Waals surface area contributed by atoms with E-state index < -0.39 is 5.54 Å². The summed E-state index contributed by atoms with van der Waals surface area (Å²) in [7, 11) is 0. The van der Waals surface area contributed by atoms with Crippen molar-refractivity contribution in [2.24, 2.45) is 0 Å². The van der Waals surface area contributed by atoms with Gasteiger partial charge in [-0.25, -0.2) is 0 Å². The summed E-state index contributed by atoms with van der Waals surface area (Å²) in [4.78, 5) is 30.3. The molecule has 1 atom stereocenters. The first-order chi connectivity index (χ1) is 11.0. The van der Waals surface area contributed by atoms with Crippen molar-refractivity contribution in [2.45, 2.75) is 64.0 Å². The van der Waals surface area contributed by atoms with Crippen LogP contribution >= 0.6 is 0 Å². The molecule has 1 N–H and O–H groups in total. The summed E-state index contributed by atoms with van der Waals surface area (Å²) in [5.74, 6) is 0.160. The van der Waals surface area contributed by atoms with E-state index in [9.17, 15) is 9.59 Å². The number of aromatic nitrogens is 2. The van der Waals surface area contributed by atoms with Crippen LogP contribution in [-0.2, 0) is 4.79 Å². The van der Waals surface area contributed by atoms with Crippen LogP contribution in [0.5, 0.6) is 0 Å². The number of rotatable bonds is 2. The van der Waals surface area contributed by atoms with Crippen molar-refractivity contribution in [1.82, 2.24) is 20.0 Å². The van der Waals surface area contributed by atoms with Crippen LogP contribution in [0, 0.1) is 13.8 Å². The Kier molecular flexibility index (Phi) is 3.25. The number of aromatic amines is 1. The lowest BCUT2D eigenvalue weighted by atomic mass is 9.84. The highest BCUT2D eigenvalue weighted by molar-refractivity contribution is 6.01. The zero-order valence-corrected chi connectivity index (χ0v) is 13.9. The lowest BCUT2D eigenvalue weighted by molar-refractivity contribution is -0.146. The number of amides is 2. The molecule has 0 aromatic carbocycles. The van der Waals surface area contributed by atoms with Gasteiger partial charge >= 0.3 is 0 Å². The highest BCUT2D eigenvalue weighted by Crippen LogP contribution is 2.42. The summed E-state index contributed by atoms with van der Waals surface area (Å²) in [6.07, 6.45) is 5.75. The van der Waals surface area contributed by atoms with Gasteiger partial charge in [0, 0.05) is 24.8 Å². The summed E-state index contributed by atoms with van der Waals surface area (Å²) in [5, 5.41) is 7.03. The van der Waals surface area contributed by atoms with Gasteiger partial charge in [-0.2, -0.15) is 5.10 Å². The van der Waals surface area contributed by atoms with Crippen LogP contribution in [-0.4, -0.2) is 56.5 Å². The number of hydrogen-bond acceptors (Lipinski definition) is 3. The molecule has 6 heteroatoms. The van der Waals surface area contributed by atoms with Gasteiger partial charge < -0.3 is 9.80 Å². The van der Waals surface area contributed by atoms with E-state index in [0.717, 1.165) is 56.5 Å². The van der Waals surface area contributed by atoms with E-state index in [4.69, 9.17) is 0 Å². The van der Waals surface area contributed by atoms with Gasteiger partial charge in [0.2, 0.25) is 5.91 Å². The standard InChI is InChI=1S/C17H24N4O2/c1-11-14(12(2)19-18-11)15(22)21-10-4-8-17(21)7-3-9-20(16(17)23)13-5-6-13/h13H,3-10H2,1-2H3,(H,18,19). The number of carbonyl (C=O) groups excluding carboxylic acids is 2. The number of H-pyrrole nitrogens is 1. The second kappa shape index (κ2) is 5.08. The second-order valence-electron chi connectivity index (χ2n) is 7.23. The third kappa shape index (κ3) is 2.11. The molecule has 2 aliphatic heterocycles. The van der Waals surface area contributed by atoms with E-state index in [1.54, 1.807) is 0 Å². The number of hydrogen-bond donors (Lipinski definition) is 1. The molecule has 1 aromatic heterocycles. The Hall–Kier alpha value is -1.85. The Morgan fingerprint density at radius 3 is 2.52 bits per heavy atom. The van der Waals surface area contributed by atoms with Crippen LogP contribution in [0.4, 0.5) is 0 Å². The SMILES string of the molecule is Cc1n[nH]c(C)c1C(=O)N1CCCC12CCCN(C1CC1)C2=O. The molecule has 1 unspecified atom stereocenters. The molecule has 23 heavy (non-hydrogen) atoms. The maximum Gasteiger partial charge on any atom is 0.258 e. The van der Waals surface area contributed by atoms with Crippen molar-refractivity contribution in [1.29, 1.82) is 0 Å². The van der Waals surface area contributed by atoms with E-state index in [0.29, 0.717) is 18.2 Å². The summed E-state index contributed by atoms with van der Waals surface area (Å²) in [5.41, 5.74) is 1.55. The van der Waals surface area contributed by atoms with Crippen molar-refractivity contribution < 1.29 is 9.59 Å². The largest absolute Gasteiger partial charge is 0.338 e. The minimum Gasteiger partial charge on any atom is -0.338 e. The Morgan fingerprint density at radius 1 is 1.22 bits per heavy atom. The third-order valence-electron chi connectivity index (χ3n) is 5.71. The van der Waals surface area contributed by atoms with Crippen molar-refractivity contribution in [3.8, 4) is 0 Å². The van der Waals surface area contributed by atoms with Gasteiger partial charge in [-0.15, -0.1) is 0 Å². The van der Waals surface area contributed by atoms with Crippen LogP contribution in [0.25, 0.3) is 0 Å². The quantitative estimate of drug-likeness (QED) is 0.904. The third-order valence-corrected chi connectivity index (χ3v) is 5.71. The molecule has 2 amide bonds. The van der Waals surface area contributed by atoms with Gasteiger partial charge in [-0.3, -0.25) is 14.7 Å². The van der Waals surface area contributed by atoms with Gasteiger partial charge in [0.25, 0.3) is 5.91 Å². The predicted molar refractivity (Wildman–Crippen MR) is 85.0 cm³/mol. The summed E-state index contributed by atoms with van der Waals surface area (Å²) >= 11 is 0. The van der Waals surface area contributed by atoms with E-state index in [1.807, 2.05) is 23.6 Å². The van der Waals surface area contributed by atoms with Gasteiger partial charge in [0.15, 0.2) is 0 Å². The fourth-order valence-electron chi connectivity index (χ4n) is 4.41. The molecule has 6 nitrogen and oxygen atoms in total. The van der Waals surface area contributed by atoms with Gasteiger partial charge in [-0.1, -0.05) is 0 Å². The number of nitrogens with zero attached hydrogens (tertiary/aromatic N) is 3. The topological polar surface area (TPSA) is 69.3 Å². The monoisotopic (exact) mass is 316 g/mol. The zero-order valence-electron chi connectivity index (χ0n) is 13.9. The minimum absolute atomic E-state index is 0.0303. The molecule has 4 rings (SSSR count).